The molecule has 1 fully saturated rings. The van der Waals surface area contributed by atoms with E-state index in [0.29, 0.717) is 0 Å². The SMILES string of the molecule is Cc1cnccc1N1CCC(C(=O)NC(c2ccc(F)c(Cl)c2)c2cnn(C)c2)CC1.O=C(O)C(F)(F)F. The van der Waals surface area contributed by atoms with Crippen LogP contribution in [0.5, 0.6) is 0 Å². The van der Waals surface area contributed by atoms with Gasteiger partial charge in [0.1, 0.15) is 5.82 Å². The molecule has 0 bridgehead atoms. The van der Waals surface area contributed by atoms with Crippen LogP contribution in [0.4, 0.5) is 23.2 Å². The summed E-state index contributed by atoms with van der Waals surface area (Å²) < 4.78 is 47.1. The molecule has 1 saturated heterocycles. The molecule has 8 nitrogen and oxygen atoms in total. The van der Waals surface area contributed by atoms with Gasteiger partial charge in [-0.25, -0.2) is 9.18 Å². The van der Waals surface area contributed by atoms with Gasteiger partial charge in [-0.1, -0.05) is 17.7 Å². The van der Waals surface area contributed by atoms with E-state index in [1.54, 1.807) is 29.2 Å². The molecule has 204 valence electrons. The highest BCUT2D eigenvalue weighted by Gasteiger charge is 2.38. The van der Waals surface area contributed by atoms with Gasteiger partial charge in [0.2, 0.25) is 5.91 Å². The summed E-state index contributed by atoms with van der Waals surface area (Å²) in [5, 5.41) is 14.5. The lowest BCUT2D eigenvalue weighted by Crippen LogP contribution is -2.42. The number of nitrogens with one attached hydrogen (secondary N) is 1. The van der Waals surface area contributed by atoms with Crippen LogP contribution in [0, 0.1) is 18.7 Å². The Morgan fingerprint density at radius 3 is 2.34 bits per heavy atom. The quantitative estimate of drug-likeness (QED) is 0.444. The van der Waals surface area contributed by atoms with Crippen LogP contribution >= 0.6 is 11.6 Å². The lowest BCUT2D eigenvalue weighted by atomic mass is 9.93. The van der Waals surface area contributed by atoms with Gasteiger partial charge in [0.25, 0.3) is 0 Å². The van der Waals surface area contributed by atoms with Crippen molar-refractivity contribution in [2.75, 3.05) is 18.0 Å². The highest BCUT2D eigenvalue weighted by molar-refractivity contribution is 6.30. The number of hydrogen-bond donors (Lipinski definition) is 2. The van der Waals surface area contributed by atoms with Crippen LogP contribution < -0.4 is 10.2 Å². The number of carbonyl (C=O) groups excluding carboxylic acids is 1. The van der Waals surface area contributed by atoms with Crippen molar-refractivity contribution >= 4 is 29.2 Å². The van der Waals surface area contributed by atoms with Crippen molar-refractivity contribution in [1.29, 1.82) is 0 Å². The smallest absolute Gasteiger partial charge is 0.475 e. The maximum Gasteiger partial charge on any atom is 0.490 e. The molecule has 2 N–H and O–H groups in total. The number of aliphatic carboxylic acids is 1. The standard InChI is InChI=1S/C23H25ClFN5O.C2HF3O2/c1-15-12-26-8-5-21(15)30-9-6-16(7-10-30)23(31)28-22(18-13-27-29(2)14-18)17-3-4-20(25)19(24)11-17;3-2(4,5)1(6)7/h3-5,8,11-14,16,22H,6-7,9-10H2,1-2H3,(H,28,31);(H,6,7). The summed E-state index contributed by atoms with van der Waals surface area (Å²) in [5.74, 6) is -3.35. The summed E-state index contributed by atoms with van der Waals surface area (Å²) in [7, 11) is 1.82. The molecule has 0 aliphatic carbocycles. The Morgan fingerprint density at radius 2 is 1.82 bits per heavy atom. The molecule has 0 saturated carbocycles. The second-order valence-corrected chi connectivity index (χ2v) is 9.20. The molecule has 2 aromatic heterocycles. The molecule has 1 aliphatic rings. The van der Waals surface area contributed by atoms with Gasteiger partial charge in [-0.15, -0.1) is 0 Å². The minimum absolute atomic E-state index is 0.0135. The number of nitrogens with zero attached hydrogens (tertiary/aromatic N) is 4. The van der Waals surface area contributed by atoms with Gasteiger partial charge in [-0.05, 0) is 49.1 Å². The zero-order chi connectivity index (χ0) is 28.0. The fourth-order valence-electron chi connectivity index (χ4n) is 4.10. The van der Waals surface area contributed by atoms with Crippen LogP contribution in [0.15, 0.2) is 49.1 Å². The fraction of sp³-hybridized carbons (Fsp3) is 0.360. The van der Waals surface area contributed by atoms with Crippen molar-refractivity contribution in [3.8, 4) is 0 Å². The zero-order valence-electron chi connectivity index (χ0n) is 20.5. The van der Waals surface area contributed by atoms with Crippen LogP contribution in [0.3, 0.4) is 0 Å². The number of halogens is 5. The zero-order valence-corrected chi connectivity index (χ0v) is 21.3. The van der Waals surface area contributed by atoms with Gasteiger partial charge >= 0.3 is 12.1 Å². The largest absolute Gasteiger partial charge is 0.490 e. The van der Waals surface area contributed by atoms with Crippen LogP contribution in [-0.2, 0) is 16.6 Å². The normalized spacial score (nSPS) is 14.9. The first-order valence-electron chi connectivity index (χ1n) is 11.6. The Hall–Kier alpha value is -3.67. The summed E-state index contributed by atoms with van der Waals surface area (Å²) in [6, 6.07) is 6.10. The molecule has 13 heteroatoms. The maximum absolute atomic E-state index is 13.7. The molecule has 38 heavy (non-hydrogen) atoms. The number of aromatic nitrogens is 3. The minimum atomic E-state index is -5.08. The van der Waals surface area contributed by atoms with E-state index < -0.39 is 24.0 Å². The van der Waals surface area contributed by atoms with Crippen LogP contribution in [0.2, 0.25) is 5.02 Å². The van der Waals surface area contributed by atoms with E-state index in [9.17, 15) is 22.4 Å². The third-order valence-electron chi connectivity index (χ3n) is 6.06. The van der Waals surface area contributed by atoms with E-state index in [1.807, 2.05) is 32.4 Å². The first kappa shape index (κ1) is 28.9. The summed E-state index contributed by atoms with van der Waals surface area (Å²) in [6.07, 6.45) is 3.65. The highest BCUT2D eigenvalue weighted by atomic mass is 35.5. The molecule has 1 unspecified atom stereocenters. The second kappa shape index (κ2) is 12.2. The van der Waals surface area contributed by atoms with Crippen molar-refractivity contribution < 1.29 is 32.3 Å². The number of benzene rings is 1. The summed E-state index contributed by atoms with van der Waals surface area (Å²) >= 11 is 6.00. The average Bonchev–Trinajstić information content (AvgIpc) is 3.30. The molecule has 1 aliphatic heterocycles. The van der Waals surface area contributed by atoms with Gasteiger partial charge in [0.05, 0.1) is 17.3 Å². The van der Waals surface area contributed by atoms with E-state index in [1.165, 1.54) is 11.8 Å². The third-order valence-corrected chi connectivity index (χ3v) is 6.35. The van der Waals surface area contributed by atoms with Crippen molar-refractivity contribution in [1.82, 2.24) is 20.1 Å². The summed E-state index contributed by atoms with van der Waals surface area (Å²) in [5.41, 5.74) is 3.85. The van der Waals surface area contributed by atoms with Gasteiger partial charge < -0.3 is 15.3 Å². The fourth-order valence-corrected chi connectivity index (χ4v) is 4.29. The number of aryl methyl sites for hydroxylation is 2. The van der Waals surface area contributed by atoms with Crippen LogP contribution in [-0.4, -0.2) is 51.0 Å². The topological polar surface area (TPSA) is 100 Å². The molecule has 4 rings (SSSR count). The Balaban J connectivity index is 0.000000505. The van der Waals surface area contributed by atoms with Gasteiger partial charge in [-0.3, -0.25) is 14.5 Å². The second-order valence-electron chi connectivity index (χ2n) is 8.79. The van der Waals surface area contributed by atoms with E-state index in [-0.39, 0.29) is 16.8 Å². The molecular weight excluding hydrogens is 530 g/mol. The molecule has 1 aromatic carbocycles. The number of amides is 1. The third kappa shape index (κ3) is 7.44. The molecule has 3 aromatic rings. The van der Waals surface area contributed by atoms with Crippen LogP contribution in [0.1, 0.15) is 35.6 Å². The number of pyridine rings is 1. The molecule has 3 heterocycles. The number of piperidine rings is 1. The van der Waals surface area contributed by atoms with Gasteiger partial charge in [0.15, 0.2) is 0 Å². The first-order chi connectivity index (χ1) is 17.9. The number of carbonyl (C=O) groups is 2. The lowest BCUT2D eigenvalue weighted by molar-refractivity contribution is -0.192. The molecule has 0 radical (unpaired) electrons. The number of hydrogen-bond acceptors (Lipinski definition) is 5. The Kier molecular flexibility index (Phi) is 9.31. The number of carboxylic acid groups (broad SMARTS) is 1. The lowest BCUT2D eigenvalue weighted by Gasteiger charge is -2.34. The Bertz CT molecular complexity index is 1280. The molecule has 1 amide bonds. The number of anilines is 1. The monoisotopic (exact) mass is 555 g/mol. The average molecular weight is 556 g/mol. The van der Waals surface area contributed by atoms with Crippen molar-refractivity contribution in [3.05, 3.63) is 76.6 Å². The Morgan fingerprint density at radius 1 is 1.16 bits per heavy atom. The number of alkyl halides is 3. The minimum Gasteiger partial charge on any atom is -0.475 e. The predicted molar refractivity (Wildman–Crippen MR) is 132 cm³/mol. The highest BCUT2D eigenvalue weighted by Crippen LogP contribution is 2.29. The van der Waals surface area contributed by atoms with E-state index in [0.717, 1.165) is 42.6 Å². The molecule has 1 atom stereocenters. The number of rotatable bonds is 5. The van der Waals surface area contributed by atoms with Crippen molar-refractivity contribution in [2.24, 2.45) is 13.0 Å². The van der Waals surface area contributed by atoms with Crippen LogP contribution in [0.25, 0.3) is 0 Å². The molecule has 0 spiro atoms. The first-order valence-corrected chi connectivity index (χ1v) is 11.9. The number of carboxylic acids is 1. The summed E-state index contributed by atoms with van der Waals surface area (Å²) in [4.78, 5) is 28.5. The van der Waals surface area contributed by atoms with E-state index in [2.05, 4.69) is 20.3 Å². The van der Waals surface area contributed by atoms with E-state index in [4.69, 9.17) is 21.5 Å². The van der Waals surface area contributed by atoms with Gasteiger partial charge in [-0.2, -0.15) is 18.3 Å². The van der Waals surface area contributed by atoms with Gasteiger partial charge in [0, 0.05) is 55.9 Å². The van der Waals surface area contributed by atoms with Crippen molar-refractivity contribution in [2.45, 2.75) is 32.0 Å². The predicted octanol–water partition coefficient (Wildman–Crippen LogP) is 4.67. The summed E-state index contributed by atoms with van der Waals surface area (Å²) in [6.45, 7) is 3.67. The van der Waals surface area contributed by atoms with E-state index >= 15 is 0 Å². The maximum atomic E-state index is 13.7. The Labute approximate surface area is 221 Å². The molecular formula is C25H26ClF4N5O3. The van der Waals surface area contributed by atoms with Crippen molar-refractivity contribution in [3.63, 3.8) is 0 Å².